The summed E-state index contributed by atoms with van der Waals surface area (Å²) in [6.45, 7) is 1.66. The summed E-state index contributed by atoms with van der Waals surface area (Å²) in [7, 11) is 0. The van der Waals surface area contributed by atoms with Gasteiger partial charge in [0.25, 0.3) is 0 Å². The minimum atomic E-state index is -4.57. The van der Waals surface area contributed by atoms with Crippen LogP contribution in [0.15, 0.2) is 23.9 Å². The smallest absolute Gasteiger partial charge is 0.325 e. The van der Waals surface area contributed by atoms with Crippen LogP contribution in [0.3, 0.4) is 0 Å². The lowest BCUT2D eigenvalue weighted by atomic mass is 9.98. The van der Waals surface area contributed by atoms with Crippen molar-refractivity contribution in [2.24, 2.45) is 5.92 Å². The van der Waals surface area contributed by atoms with Crippen molar-refractivity contribution in [3.8, 4) is 0 Å². The highest BCUT2D eigenvalue weighted by Gasteiger charge is 2.35. The highest BCUT2D eigenvalue weighted by Crippen LogP contribution is 2.25. The quantitative estimate of drug-likeness (QED) is 0.669. The van der Waals surface area contributed by atoms with E-state index in [2.05, 4.69) is 10.5 Å². The molecular formula is C8H11F3NO+. The lowest BCUT2D eigenvalue weighted by Crippen LogP contribution is -2.48. The molecule has 0 fully saturated rings. The number of hydrogen-bond donors (Lipinski definition) is 1. The molecular weight excluding hydrogens is 183 g/mol. The maximum atomic E-state index is 11.8. The van der Waals surface area contributed by atoms with Gasteiger partial charge in [-0.3, -0.25) is 4.74 Å². The number of quaternary nitrogens is 1. The van der Waals surface area contributed by atoms with Crippen molar-refractivity contribution in [1.82, 2.24) is 0 Å². The third-order valence-corrected chi connectivity index (χ3v) is 1.76. The molecule has 0 radical (unpaired) electrons. The van der Waals surface area contributed by atoms with Gasteiger partial charge < -0.3 is 5.73 Å². The Morgan fingerprint density at radius 3 is 2.54 bits per heavy atom. The molecule has 1 aliphatic carbocycles. The highest BCUT2D eigenvalue weighted by molar-refractivity contribution is 5.19. The molecule has 0 bridgehead atoms. The maximum Gasteiger partial charge on any atom is 0.523 e. The Morgan fingerprint density at radius 2 is 2.08 bits per heavy atom. The molecule has 5 heteroatoms. The molecule has 0 aromatic carbocycles. The van der Waals surface area contributed by atoms with Crippen molar-refractivity contribution < 1.29 is 23.6 Å². The maximum absolute atomic E-state index is 11.8. The molecule has 0 aromatic heterocycles. The summed E-state index contributed by atoms with van der Waals surface area (Å²) in [5.74, 6) is -0.292. The molecule has 0 aromatic rings. The van der Waals surface area contributed by atoms with E-state index in [9.17, 15) is 13.2 Å². The van der Waals surface area contributed by atoms with E-state index in [1.165, 1.54) is 12.2 Å². The van der Waals surface area contributed by atoms with Crippen molar-refractivity contribution in [2.75, 3.05) is 0 Å². The van der Waals surface area contributed by atoms with Crippen molar-refractivity contribution in [3.05, 3.63) is 23.9 Å². The number of rotatable bonds is 1. The Bertz CT molecular complexity index is 244. The second-order valence-electron chi connectivity index (χ2n) is 2.99. The summed E-state index contributed by atoms with van der Waals surface area (Å²) >= 11 is 0. The minimum Gasteiger partial charge on any atom is -0.325 e. The molecule has 1 aliphatic rings. The van der Waals surface area contributed by atoms with Crippen LogP contribution in [-0.2, 0) is 4.74 Å². The standard InChI is InChI=1S/C8H10F3NO/c1-5-4-6(12)2-3-7(5)13-8(9,10)11/h2-5,7H,12H2,1H3/p+1. The summed E-state index contributed by atoms with van der Waals surface area (Å²) in [5, 5.41) is 0. The lowest BCUT2D eigenvalue weighted by Gasteiger charge is -2.22. The molecule has 1 rings (SSSR count). The predicted octanol–water partition coefficient (Wildman–Crippen LogP) is 1.22. The Balaban J connectivity index is 2.60. The van der Waals surface area contributed by atoms with Crippen LogP contribution >= 0.6 is 0 Å². The first kappa shape index (κ1) is 10.3. The van der Waals surface area contributed by atoms with Crippen LogP contribution in [0.2, 0.25) is 0 Å². The van der Waals surface area contributed by atoms with Crippen LogP contribution < -0.4 is 5.73 Å². The van der Waals surface area contributed by atoms with E-state index in [1.807, 2.05) is 0 Å². The number of halogens is 3. The van der Waals surface area contributed by atoms with Gasteiger partial charge in [-0.15, -0.1) is 13.2 Å². The predicted molar refractivity (Wildman–Crippen MR) is 40.2 cm³/mol. The summed E-state index contributed by atoms with van der Waals surface area (Å²) in [6.07, 6.45) is -0.950. The molecule has 2 nitrogen and oxygen atoms in total. The van der Waals surface area contributed by atoms with Gasteiger partial charge in [-0.05, 0) is 18.2 Å². The molecule has 0 spiro atoms. The molecule has 0 saturated heterocycles. The van der Waals surface area contributed by atoms with Crippen molar-refractivity contribution in [3.63, 3.8) is 0 Å². The topological polar surface area (TPSA) is 36.9 Å². The van der Waals surface area contributed by atoms with Crippen LogP contribution in [0.4, 0.5) is 13.2 Å². The zero-order valence-corrected chi connectivity index (χ0v) is 7.14. The second kappa shape index (κ2) is 3.51. The van der Waals surface area contributed by atoms with Gasteiger partial charge in [0, 0.05) is 5.92 Å². The van der Waals surface area contributed by atoms with Crippen LogP contribution in [0.1, 0.15) is 6.92 Å². The fraction of sp³-hybridized carbons (Fsp3) is 0.500. The first-order valence-electron chi connectivity index (χ1n) is 3.85. The summed E-state index contributed by atoms with van der Waals surface area (Å²) in [4.78, 5) is 0. The van der Waals surface area contributed by atoms with Gasteiger partial charge in [0.15, 0.2) is 0 Å². The molecule has 0 aliphatic heterocycles. The first-order valence-corrected chi connectivity index (χ1v) is 3.85. The Kier molecular flexibility index (Phi) is 2.77. The van der Waals surface area contributed by atoms with Gasteiger partial charge in [0.05, 0.1) is 6.10 Å². The lowest BCUT2D eigenvalue weighted by molar-refractivity contribution is -0.341. The Morgan fingerprint density at radius 1 is 1.46 bits per heavy atom. The zero-order valence-electron chi connectivity index (χ0n) is 7.14. The number of hydrogen-bond acceptors (Lipinski definition) is 1. The minimum absolute atomic E-state index is 0.292. The third-order valence-electron chi connectivity index (χ3n) is 1.76. The number of ether oxygens (including phenoxy) is 1. The average molecular weight is 194 g/mol. The zero-order chi connectivity index (χ0) is 10.1. The van der Waals surface area contributed by atoms with Gasteiger partial charge in [0.1, 0.15) is 5.70 Å². The molecule has 13 heavy (non-hydrogen) atoms. The third kappa shape index (κ3) is 3.20. The van der Waals surface area contributed by atoms with Crippen molar-refractivity contribution >= 4 is 0 Å². The molecule has 3 N–H and O–H groups in total. The summed E-state index contributed by atoms with van der Waals surface area (Å²) < 4.78 is 39.3. The molecule has 2 unspecified atom stereocenters. The van der Waals surface area contributed by atoms with E-state index in [0.29, 0.717) is 0 Å². The van der Waals surface area contributed by atoms with E-state index >= 15 is 0 Å². The number of alkyl halides is 3. The fourth-order valence-corrected chi connectivity index (χ4v) is 1.18. The fourth-order valence-electron chi connectivity index (χ4n) is 1.18. The van der Waals surface area contributed by atoms with Crippen molar-refractivity contribution in [1.29, 1.82) is 0 Å². The Hall–Kier alpha value is -0.810. The van der Waals surface area contributed by atoms with Gasteiger partial charge in [-0.1, -0.05) is 6.92 Å². The first-order chi connectivity index (χ1) is 5.88. The van der Waals surface area contributed by atoms with Crippen LogP contribution in [-0.4, -0.2) is 12.5 Å². The van der Waals surface area contributed by atoms with E-state index in [-0.39, 0.29) is 5.92 Å². The Labute approximate surface area is 73.9 Å². The summed E-state index contributed by atoms with van der Waals surface area (Å²) in [6, 6.07) is 0. The summed E-state index contributed by atoms with van der Waals surface area (Å²) in [5.41, 5.74) is 4.33. The highest BCUT2D eigenvalue weighted by atomic mass is 19.4. The van der Waals surface area contributed by atoms with E-state index in [4.69, 9.17) is 0 Å². The average Bonchev–Trinajstić information content (AvgIpc) is 1.93. The van der Waals surface area contributed by atoms with Crippen LogP contribution in [0.5, 0.6) is 0 Å². The molecule has 0 amide bonds. The van der Waals surface area contributed by atoms with Gasteiger partial charge >= 0.3 is 6.36 Å². The van der Waals surface area contributed by atoms with Gasteiger partial charge in [-0.25, -0.2) is 0 Å². The van der Waals surface area contributed by atoms with Gasteiger partial charge in [0.2, 0.25) is 0 Å². The van der Waals surface area contributed by atoms with E-state index in [1.54, 1.807) is 13.0 Å². The van der Waals surface area contributed by atoms with Crippen LogP contribution in [0.25, 0.3) is 0 Å². The largest absolute Gasteiger partial charge is 0.523 e. The van der Waals surface area contributed by atoms with E-state index in [0.717, 1.165) is 5.70 Å². The van der Waals surface area contributed by atoms with Crippen LogP contribution in [0, 0.1) is 5.92 Å². The van der Waals surface area contributed by atoms with Crippen molar-refractivity contribution in [2.45, 2.75) is 19.4 Å². The number of allylic oxidation sites excluding steroid dienone is 1. The molecule has 0 heterocycles. The molecule has 74 valence electrons. The molecule has 0 saturated carbocycles. The molecule has 2 atom stereocenters. The van der Waals surface area contributed by atoms with E-state index < -0.39 is 12.5 Å². The van der Waals surface area contributed by atoms with Gasteiger partial charge in [-0.2, -0.15) is 0 Å². The normalized spacial score (nSPS) is 28.8. The SMILES string of the molecule is CC1C=C([NH3+])C=CC1OC(F)(F)F. The monoisotopic (exact) mass is 194 g/mol. The second-order valence-corrected chi connectivity index (χ2v) is 2.99.